The summed E-state index contributed by atoms with van der Waals surface area (Å²) >= 11 is 4.52. The molecular weight excluding hydrogens is 340 g/mol. The van der Waals surface area contributed by atoms with Crippen LogP contribution in [0.15, 0.2) is 41.4 Å². The van der Waals surface area contributed by atoms with Crippen molar-refractivity contribution in [1.29, 1.82) is 0 Å². The standard InChI is InChI=1S/C9H9NO2S.C8H11NO2.CH4/c1-11-7-4-3-5-8(12-2)9(7)10-6-13;1-10-6-4-3-5-7(11-2)8(6)9;/h3-5H,1-2H3;3-5H,9H2,1-2H3;1H4. The van der Waals surface area contributed by atoms with Gasteiger partial charge in [-0.15, -0.1) is 0 Å². The van der Waals surface area contributed by atoms with Gasteiger partial charge in [0.15, 0.2) is 5.69 Å². The van der Waals surface area contributed by atoms with Crippen molar-refractivity contribution in [1.82, 2.24) is 0 Å². The number of aliphatic imine (C=N–C) groups is 1. The normalized spacial score (nSPS) is 8.64. The number of ether oxygens (including phenoxy) is 4. The van der Waals surface area contributed by atoms with Crippen LogP contribution in [0.4, 0.5) is 11.4 Å². The minimum atomic E-state index is 0. The average Bonchev–Trinajstić information content (AvgIpc) is 2.63. The summed E-state index contributed by atoms with van der Waals surface area (Å²) in [5.74, 6) is 2.53. The van der Waals surface area contributed by atoms with Gasteiger partial charge in [-0.1, -0.05) is 19.6 Å². The van der Waals surface area contributed by atoms with Gasteiger partial charge >= 0.3 is 0 Å². The van der Waals surface area contributed by atoms with Crippen molar-refractivity contribution < 1.29 is 18.9 Å². The summed E-state index contributed by atoms with van der Waals surface area (Å²) in [6.07, 6.45) is 0. The van der Waals surface area contributed by atoms with Crippen LogP contribution in [0.25, 0.3) is 0 Å². The Morgan fingerprint density at radius 1 is 0.800 bits per heavy atom. The highest BCUT2D eigenvalue weighted by Crippen LogP contribution is 2.36. The number of hydrogen-bond acceptors (Lipinski definition) is 7. The number of rotatable bonds is 5. The van der Waals surface area contributed by atoms with E-state index >= 15 is 0 Å². The lowest BCUT2D eigenvalue weighted by Crippen LogP contribution is -1.95. The summed E-state index contributed by atoms with van der Waals surface area (Å²) < 4.78 is 20.1. The highest BCUT2D eigenvalue weighted by molar-refractivity contribution is 7.78. The molecule has 0 spiro atoms. The molecule has 136 valence electrons. The van der Waals surface area contributed by atoms with E-state index < -0.39 is 0 Å². The first-order valence-corrected chi connectivity index (χ1v) is 7.29. The maximum atomic E-state index is 5.65. The van der Waals surface area contributed by atoms with Gasteiger partial charge < -0.3 is 24.7 Å². The molecule has 0 atom stereocenters. The maximum Gasteiger partial charge on any atom is 0.158 e. The second-order valence-electron chi connectivity index (χ2n) is 4.29. The van der Waals surface area contributed by atoms with Crippen molar-refractivity contribution in [2.75, 3.05) is 34.2 Å². The minimum absolute atomic E-state index is 0. The molecule has 2 aromatic rings. The van der Waals surface area contributed by atoms with E-state index in [0.29, 0.717) is 34.4 Å². The van der Waals surface area contributed by atoms with Gasteiger partial charge in [0, 0.05) is 0 Å². The van der Waals surface area contributed by atoms with Crippen LogP contribution in [0.2, 0.25) is 0 Å². The second kappa shape index (κ2) is 11.7. The Hall–Kier alpha value is -2.76. The lowest BCUT2D eigenvalue weighted by atomic mass is 10.3. The summed E-state index contributed by atoms with van der Waals surface area (Å²) in [6.45, 7) is 0. The molecule has 6 nitrogen and oxygen atoms in total. The van der Waals surface area contributed by atoms with Gasteiger partial charge in [0.1, 0.15) is 28.7 Å². The fourth-order valence-corrected chi connectivity index (χ4v) is 1.96. The molecule has 0 fully saturated rings. The smallest absolute Gasteiger partial charge is 0.158 e. The zero-order valence-electron chi connectivity index (χ0n) is 14.0. The monoisotopic (exact) mass is 364 g/mol. The van der Waals surface area contributed by atoms with Gasteiger partial charge in [0.05, 0.1) is 33.6 Å². The second-order valence-corrected chi connectivity index (χ2v) is 4.47. The van der Waals surface area contributed by atoms with Crippen molar-refractivity contribution in [2.45, 2.75) is 7.43 Å². The van der Waals surface area contributed by atoms with Crippen molar-refractivity contribution in [3.05, 3.63) is 36.4 Å². The van der Waals surface area contributed by atoms with Crippen LogP contribution < -0.4 is 24.7 Å². The van der Waals surface area contributed by atoms with Gasteiger partial charge in [-0.3, -0.25) is 0 Å². The molecule has 7 heteroatoms. The molecule has 0 aromatic heterocycles. The van der Waals surface area contributed by atoms with Crippen LogP contribution in [0.1, 0.15) is 7.43 Å². The molecule has 0 amide bonds. The third-order valence-electron chi connectivity index (χ3n) is 3.03. The van der Waals surface area contributed by atoms with Crippen molar-refractivity contribution in [3.63, 3.8) is 0 Å². The van der Waals surface area contributed by atoms with Crippen LogP contribution in [0, 0.1) is 0 Å². The molecule has 2 N–H and O–H groups in total. The van der Waals surface area contributed by atoms with Crippen LogP contribution in [-0.2, 0) is 0 Å². The van der Waals surface area contributed by atoms with Gasteiger partial charge in [-0.2, -0.15) is 4.99 Å². The molecule has 0 radical (unpaired) electrons. The number of thiocarbonyl (C=S) groups is 1. The lowest BCUT2D eigenvalue weighted by molar-refractivity contribution is 0.397. The predicted octanol–water partition coefficient (Wildman–Crippen LogP) is 4.36. The molecule has 2 aromatic carbocycles. The molecule has 0 aliphatic heterocycles. The third kappa shape index (κ3) is 5.99. The van der Waals surface area contributed by atoms with Crippen LogP contribution in [0.3, 0.4) is 0 Å². The Morgan fingerprint density at radius 2 is 1.16 bits per heavy atom. The molecule has 25 heavy (non-hydrogen) atoms. The van der Waals surface area contributed by atoms with Crippen LogP contribution in [-0.4, -0.2) is 33.6 Å². The van der Waals surface area contributed by atoms with Crippen molar-refractivity contribution in [2.24, 2.45) is 4.99 Å². The maximum absolute atomic E-state index is 5.65. The van der Waals surface area contributed by atoms with Gasteiger partial charge in [-0.25, -0.2) is 0 Å². The highest BCUT2D eigenvalue weighted by Gasteiger charge is 2.07. The quantitative estimate of drug-likeness (QED) is 0.483. The zero-order chi connectivity index (χ0) is 17.9. The molecule has 0 aliphatic rings. The molecule has 0 saturated heterocycles. The number of nitrogens with zero attached hydrogens (tertiary/aromatic N) is 1. The number of para-hydroxylation sites is 2. The van der Waals surface area contributed by atoms with E-state index in [4.69, 9.17) is 24.7 Å². The Kier molecular flexibility index (Phi) is 10.4. The van der Waals surface area contributed by atoms with Gasteiger partial charge in [0.2, 0.25) is 0 Å². The SMILES string of the molecule is C.COc1cccc(OC)c1N.COc1cccc(OC)c1N=C=S. The fraction of sp³-hybridized carbons (Fsp3) is 0.278. The van der Waals surface area contributed by atoms with Crippen molar-refractivity contribution >= 4 is 28.8 Å². The van der Waals surface area contributed by atoms with Crippen molar-refractivity contribution in [3.8, 4) is 23.0 Å². The van der Waals surface area contributed by atoms with Crippen LogP contribution >= 0.6 is 12.2 Å². The molecule has 2 rings (SSSR count). The van der Waals surface area contributed by atoms with E-state index in [1.165, 1.54) is 0 Å². The number of nitrogens with two attached hydrogens (primary N) is 1. The first-order chi connectivity index (χ1) is 11.6. The summed E-state index contributed by atoms with van der Waals surface area (Å²) in [7, 11) is 6.28. The molecule has 0 saturated carbocycles. The number of anilines is 1. The minimum Gasteiger partial charge on any atom is -0.494 e. The van der Waals surface area contributed by atoms with Gasteiger partial charge in [0.25, 0.3) is 0 Å². The number of methoxy groups -OCH3 is 4. The van der Waals surface area contributed by atoms with E-state index in [2.05, 4.69) is 22.4 Å². The average molecular weight is 364 g/mol. The Balaban J connectivity index is 0.000000449. The Labute approximate surface area is 154 Å². The zero-order valence-corrected chi connectivity index (χ0v) is 14.8. The van der Waals surface area contributed by atoms with Crippen LogP contribution in [0.5, 0.6) is 23.0 Å². The summed E-state index contributed by atoms with van der Waals surface area (Å²) in [6, 6.07) is 10.8. The molecule has 0 aliphatic carbocycles. The number of hydrogen-bond donors (Lipinski definition) is 1. The van der Waals surface area contributed by atoms with E-state index in [9.17, 15) is 0 Å². The first kappa shape index (κ1) is 22.2. The van der Waals surface area contributed by atoms with Gasteiger partial charge in [-0.05, 0) is 36.5 Å². The number of nitrogen functional groups attached to an aromatic ring is 1. The summed E-state index contributed by atoms with van der Waals surface area (Å²) in [5.41, 5.74) is 6.77. The van der Waals surface area contributed by atoms with E-state index in [0.717, 1.165) is 0 Å². The molecule has 0 bridgehead atoms. The van der Waals surface area contributed by atoms with E-state index in [-0.39, 0.29) is 7.43 Å². The third-order valence-corrected chi connectivity index (χ3v) is 3.12. The Bertz CT molecular complexity index is 672. The molecule has 0 heterocycles. The highest BCUT2D eigenvalue weighted by atomic mass is 32.1. The Morgan fingerprint density at radius 3 is 1.48 bits per heavy atom. The first-order valence-electron chi connectivity index (χ1n) is 6.88. The molecule has 0 unspecified atom stereocenters. The number of isothiocyanates is 1. The van der Waals surface area contributed by atoms with E-state index in [1.54, 1.807) is 52.7 Å². The molecular formula is C18H24N2O4S. The fourth-order valence-electron chi connectivity index (χ4n) is 1.87. The predicted molar refractivity (Wildman–Crippen MR) is 105 cm³/mol. The number of benzene rings is 2. The summed E-state index contributed by atoms with van der Waals surface area (Å²) in [4.78, 5) is 3.86. The largest absolute Gasteiger partial charge is 0.494 e. The topological polar surface area (TPSA) is 75.3 Å². The summed E-state index contributed by atoms with van der Waals surface area (Å²) in [5, 5.41) is 2.28. The lowest BCUT2D eigenvalue weighted by Gasteiger charge is -2.07. The van der Waals surface area contributed by atoms with E-state index in [1.807, 2.05) is 12.1 Å².